The minimum absolute atomic E-state index is 0.227. The lowest BCUT2D eigenvalue weighted by Gasteiger charge is -2.15. The molecule has 0 bridgehead atoms. The number of benzene rings is 1. The Balaban J connectivity index is 1.71. The lowest BCUT2D eigenvalue weighted by molar-refractivity contribution is 0.540. The van der Waals surface area contributed by atoms with E-state index in [1.165, 1.54) is 5.56 Å². The molecule has 0 unspecified atom stereocenters. The Labute approximate surface area is 123 Å². The molecule has 0 spiro atoms. The quantitative estimate of drug-likeness (QED) is 0.776. The van der Waals surface area contributed by atoms with Gasteiger partial charge in [0.05, 0.1) is 12.9 Å². The molecule has 3 rings (SSSR count). The van der Waals surface area contributed by atoms with Crippen molar-refractivity contribution in [1.29, 1.82) is 0 Å². The van der Waals surface area contributed by atoms with E-state index >= 15 is 0 Å². The van der Waals surface area contributed by atoms with Crippen LogP contribution in [0.3, 0.4) is 0 Å². The van der Waals surface area contributed by atoms with Crippen molar-refractivity contribution in [2.24, 2.45) is 7.05 Å². The van der Waals surface area contributed by atoms with Crippen LogP contribution in [-0.4, -0.2) is 24.3 Å². The average molecular weight is 282 g/mol. The van der Waals surface area contributed by atoms with Gasteiger partial charge in [0.2, 0.25) is 0 Å². The van der Waals surface area contributed by atoms with Crippen molar-refractivity contribution in [2.75, 3.05) is 0 Å². The van der Waals surface area contributed by atoms with E-state index in [1.807, 2.05) is 17.8 Å². The van der Waals surface area contributed by atoms with Gasteiger partial charge < -0.3 is 9.88 Å². The van der Waals surface area contributed by atoms with Crippen LogP contribution in [0.15, 0.2) is 49.3 Å². The number of imidazole rings is 1. The summed E-state index contributed by atoms with van der Waals surface area (Å²) < 4.78 is 3.78. The van der Waals surface area contributed by atoms with Gasteiger partial charge in [-0.1, -0.05) is 12.1 Å². The molecule has 0 fully saturated rings. The van der Waals surface area contributed by atoms with Gasteiger partial charge in [-0.3, -0.25) is 4.68 Å². The zero-order chi connectivity index (χ0) is 14.7. The number of nitrogens with one attached hydrogen (secondary N) is 1. The maximum Gasteiger partial charge on any atom is 0.140 e. The fraction of sp³-hybridized carbons (Fsp3) is 0.267. The van der Waals surface area contributed by atoms with Crippen LogP contribution in [0.25, 0.3) is 5.69 Å². The van der Waals surface area contributed by atoms with Crippen LogP contribution in [0.1, 0.15) is 24.4 Å². The summed E-state index contributed by atoms with van der Waals surface area (Å²) in [6.07, 6.45) is 7.09. The second kappa shape index (κ2) is 5.88. The first-order chi connectivity index (χ1) is 10.2. The molecule has 2 aromatic heterocycles. The van der Waals surface area contributed by atoms with Crippen LogP contribution in [0.4, 0.5) is 0 Å². The van der Waals surface area contributed by atoms with E-state index in [2.05, 4.69) is 51.6 Å². The first-order valence-corrected chi connectivity index (χ1v) is 6.88. The van der Waals surface area contributed by atoms with Gasteiger partial charge in [-0.05, 0) is 24.6 Å². The number of aryl methyl sites for hydroxylation is 1. The summed E-state index contributed by atoms with van der Waals surface area (Å²) in [6, 6.07) is 8.64. The summed E-state index contributed by atoms with van der Waals surface area (Å²) in [6.45, 7) is 2.83. The van der Waals surface area contributed by atoms with Crippen LogP contribution in [0.2, 0.25) is 0 Å². The van der Waals surface area contributed by atoms with Crippen molar-refractivity contribution in [1.82, 2.24) is 29.6 Å². The molecule has 21 heavy (non-hydrogen) atoms. The minimum atomic E-state index is 0.227. The largest absolute Gasteiger partial charge is 0.306 e. The van der Waals surface area contributed by atoms with Gasteiger partial charge >= 0.3 is 0 Å². The second-order valence-electron chi connectivity index (χ2n) is 4.97. The Kier molecular flexibility index (Phi) is 3.79. The molecular formula is C15H18N6. The SMILES string of the molecule is C[C@H](NCc1ncnn1C)c1cccc(-n2ccnc2)c1. The fourth-order valence-corrected chi connectivity index (χ4v) is 2.21. The standard InChI is InChI=1S/C15H18N6/c1-12(17-9-15-18-10-19-20(15)2)13-4-3-5-14(8-13)21-7-6-16-11-21/h3-8,10-12,17H,9H2,1-2H3/t12-/m0/s1. The third kappa shape index (κ3) is 3.00. The van der Waals surface area contributed by atoms with E-state index in [9.17, 15) is 0 Å². The number of nitrogens with zero attached hydrogens (tertiary/aromatic N) is 5. The van der Waals surface area contributed by atoms with Crippen molar-refractivity contribution in [3.8, 4) is 5.69 Å². The zero-order valence-corrected chi connectivity index (χ0v) is 12.1. The highest BCUT2D eigenvalue weighted by Gasteiger charge is 2.08. The predicted octanol–water partition coefficient (Wildman–Crippen LogP) is 1.85. The molecule has 1 atom stereocenters. The van der Waals surface area contributed by atoms with Crippen LogP contribution in [-0.2, 0) is 13.6 Å². The van der Waals surface area contributed by atoms with E-state index in [0.29, 0.717) is 6.54 Å². The molecular weight excluding hydrogens is 264 g/mol. The molecule has 108 valence electrons. The second-order valence-corrected chi connectivity index (χ2v) is 4.97. The molecule has 0 saturated carbocycles. The molecule has 0 radical (unpaired) electrons. The molecule has 6 heteroatoms. The summed E-state index contributed by atoms with van der Waals surface area (Å²) in [5.74, 6) is 0.924. The van der Waals surface area contributed by atoms with Gasteiger partial charge in [0.25, 0.3) is 0 Å². The Bertz CT molecular complexity index is 701. The Morgan fingerprint density at radius 1 is 1.33 bits per heavy atom. The number of rotatable bonds is 5. The fourth-order valence-electron chi connectivity index (χ4n) is 2.21. The maximum atomic E-state index is 4.22. The van der Waals surface area contributed by atoms with E-state index in [0.717, 1.165) is 11.5 Å². The van der Waals surface area contributed by atoms with Crippen LogP contribution in [0.5, 0.6) is 0 Å². The van der Waals surface area contributed by atoms with Crippen LogP contribution < -0.4 is 5.32 Å². The molecule has 0 aliphatic heterocycles. The molecule has 1 N–H and O–H groups in total. The summed E-state index contributed by atoms with van der Waals surface area (Å²) in [7, 11) is 1.90. The summed E-state index contributed by atoms with van der Waals surface area (Å²) >= 11 is 0. The van der Waals surface area contributed by atoms with Gasteiger partial charge in [0.1, 0.15) is 12.2 Å². The van der Waals surface area contributed by atoms with E-state index in [-0.39, 0.29) is 6.04 Å². The monoisotopic (exact) mass is 282 g/mol. The predicted molar refractivity (Wildman–Crippen MR) is 79.8 cm³/mol. The highest BCUT2D eigenvalue weighted by molar-refractivity contribution is 5.37. The van der Waals surface area contributed by atoms with Crippen LogP contribution in [0, 0.1) is 0 Å². The lowest BCUT2D eigenvalue weighted by atomic mass is 10.1. The maximum absolute atomic E-state index is 4.22. The average Bonchev–Trinajstić information content (AvgIpc) is 3.16. The molecule has 0 saturated heterocycles. The number of aromatic nitrogens is 5. The molecule has 2 heterocycles. The van der Waals surface area contributed by atoms with Gasteiger partial charge in [0, 0.05) is 31.2 Å². The van der Waals surface area contributed by atoms with E-state index in [1.54, 1.807) is 23.5 Å². The van der Waals surface area contributed by atoms with Crippen molar-refractivity contribution in [2.45, 2.75) is 19.5 Å². The molecule has 6 nitrogen and oxygen atoms in total. The number of hydrogen-bond donors (Lipinski definition) is 1. The zero-order valence-electron chi connectivity index (χ0n) is 12.1. The summed E-state index contributed by atoms with van der Waals surface area (Å²) in [5.41, 5.74) is 2.33. The van der Waals surface area contributed by atoms with Crippen molar-refractivity contribution < 1.29 is 0 Å². The van der Waals surface area contributed by atoms with Gasteiger partial charge in [-0.15, -0.1) is 0 Å². The Hall–Kier alpha value is -2.47. The third-order valence-electron chi connectivity index (χ3n) is 3.54. The molecule has 3 aromatic rings. The molecule has 0 aliphatic rings. The van der Waals surface area contributed by atoms with Gasteiger partial charge in [0.15, 0.2) is 0 Å². The molecule has 1 aromatic carbocycles. The molecule has 0 amide bonds. The Morgan fingerprint density at radius 3 is 2.95 bits per heavy atom. The third-order valence-corrected chi connectivity index (χ3v) is 3.54. The highest BCUT2D eigenvalue weighted by Crippen LogP contribution is 2.17. The van der Waals surface area contributed by atoms with Gasteiger partial charge in [-0.25, -0.2) is 9.97 Å². The Morgan fingerprint density at radius 2 is 2.24 bits per heavy atom. The van der Waals surface area contributed by atoms with Crippen molar-refractivity contribution >= 4 is 0 Å². The van der Waals surface area contributed by atoms with Crippen LogP contribution >= 0.6 is 0 Å². The smallest absolute Gasteiger partial charge is 0.140 e. The van der Waals surface area contributed by atoms with Crippen molar-refractivity contribution in [3.05, 3.63) is 60.7 Å². The number of hydrogen-bond acceptors (Lipinski definition) is 4. The lowest BCUT2D eigenvalue weighted by Crippen LogP contribution is -2.20. The van der Waals surface area contributed by atoms with E-state index in [4.69, 9.17) is 0 Å². The van der Waals surface area contributed by atoms with E-state index < -0.39 is 0 Å². The highest BCUT2D eigenvalue weighted by atomic mass is 15.3. The normalized spacial score (nSPS) is 12.5. The van der Waals surface area contributed by atoms with Gasteiger partial charge in [-0.2, -0.15) is 5.10 Å². The van der Waals surface area contributed by atoms with Crippen molar-refractivity contribution in [3.63, 3.8) is 0 Å². The minimum Gasteiger partial charge on any atom is -0.306 e. The first-order valence-electron chi connectivity index (χ1n) is 6.88. The first kappa shape index (κ1) is 13.5. The topological polar surface area (TPSA) is 60.6 Å². The summed E-state index contributed by atoms with van der Waals surface area (Å²) in [5, 5.41) is 7.54. The molecule has 0 aliphatic carbocycles. The summed E-state index contributed by atoms with van der Waals surface area (Å²) in [4.78, 5) is 8.30.